The Balaban J connectivity index is 2.50. The first-order valence-corrected chi connectivity index (χ1v) is 5.22. The third kappa shape index (κ3) is 2.33. The van der Waals surface area contributed by atoms with E-state index >= 15 is 0 Å². The first-order valence-electron chi connectivity index (χ1n) is 4.77. The fourth-order valence-electron chi connectivity index (χ4n) is 1.33. The van der Waals surface area contributed by atoms with E-state index in [4.69, 9.17) is 0 Å². The van der Waals surface area contributed by atoms with E-state index in [1.165, 1.54) is 12.1 Å². The van der Waals surface area contributed by atoms with Gasteiger partial charge in [0.05, 0.1) is 0 Å². The number of hydrogen-bond donors (Lipinski definition) is 1. The lowest BCUT2D eigenvalue weighted by Crippen LogP contribution is -2.09. The van der Waals surface area contributed by atoms with Gasteiger partial charge in [-0.1, -0.05) is 0 Å². The van der Waals surface area contributed by atoms with Gasteiger partial charge in [0, 0.05) is 4.90 Å². The van der Waals surface area contributed by atoms with Gasteiger partial charge in [-0.25, -0.2) is 14.1 Å². The number of aryl methyl sites for hydroxylation is 1. The molecule has 0 atom stereocenters. The van der Waals surface area contributed by atoms with E-state index in [0.717, 1.165) is 11.0 Å². The Hall–Kier alpha value is -1.57. The molecule has 0 N–H and O–H groups in total. The lowest BCUT2D eigenvalue weighted by atomic mass is 10.2. The van der Waals surface area contributed by atoms with Crippen LogP contribution in [0.15, 0.2) is 23.4 Å². The minimum absolute atomic E-state index is 0.131. The van der Waals surface area contributed by atoms with E-state index in [0.29, 0.717) is 10.5 Å². The molecule has 96 valence electrons. The molecule has 2 aromatic rings. The van der Waals surface area contributed by atoms with Crippen molar-refractivity contribution in [1.29, 1.82) is 0 Å². The molecule has 0 amide bonds. The van der Waals surface area contributed by atoms with E-state index in [-0.39, 0.29) is 5.69 Å². The molecule has 18 heavy (non-hydrogen) atoms. The largest absolute Gasteiger partial charge is 0.453 e. The first kappa shape index (κ1) is 12.9. The maximum Gasteiger partial charge on any atom is 0.453 e. The lowest BCUT2D eigenvalue weighted by Gasteiger charge is -2.06. The van der Waals surface area contributed by atoms with E-state index in [2.05, 4.69) is 22.7 Å². The first-order chi connectivity index (χ1) is 8.29. The van der Waals surface area contributed by atoms with Gasteiger partial charge < -0.3 is 0 Å². The Bertz CT molecular complexity index is 591. The van der Waals surface area contributed by atoms with Gasteiger partial charge >= 0.3 is 6.18 Å². The van der Waals surface area contributed by atoms with Crippen LogP contribution in [0.1, 0.15) is 11.4 Å². The number of thiol groups is 1. The average molecular weight is 277 g/mol. The number of nitrogens with zero attached hydrogens (tertiary/aromatic N) is 3. The SMILES string of the molecule is Cc1cc(F)c(-n2cnc(C(F)(F)F)n2)cc1S. The summed E-state index contributed by atoms with van der Waals surface area (Å²) in [4.78, 5) is 3.55. The minimum atomic E-state index is -4.66. The minimum Gasteiger partial charge on any atom is -0.217 e. The molecule has 0 aliphatic rings. The molecule has 0 spiro atoms. The Labute approximate surface area is 105 Å². The smallest absolute Gasteiger partial charge is 0.217 e. The summed E-state index contributed by atoms with van der Waals surface area (Å²) in [5.74, 6) is -2.01. The fraction of sp³-hybridized carbons (Fsp3) is 0.200. The number of rotatable bonds is 1. The van der Waals surface area contributed by atoms with Crippen LogP contribution in [0.3, 0.4) is 0 Å². The zero-order valence-electron chi connectivity index (χ0n) is 9.03. The van der Waals surface area contributed by atoms with Crippen molar-refractivity contribution >= 4 is 12.6 Å². The zero-order chi connectivity index (χ0) is 13.5. The Morgan fingerprint density at radius 3 is 2.50 bits per heavy atom. The number of hydrogen-bond acceptors (Lipinski definition) is 3. The van der Waals surface area contributed by atoms with Gasteiger partial charge in [-0.05, 0) is 24.6 Å². The topological polar surface area (TPSA) is 30.7 Å². The van der Waals surface area contributed by atoms with Crippen LogP contribution in [0.2, 0.25) is 0 Å². The molecule has 0 aliphatic carbocycles. The molecule has 8 heteroatoms. The molecule has 1 aromatic heterocycles. The van der Waals surface area contributed by atoms with Crippen molar-refractivity contribution in [3.63, 3.8) is 0 Å². The second-order valence-corrected chi connectivity index (χ2v) is 4.08. The van der Waals surface area contributed by atoms with E-state index < -0.39 is 17.8 Å². The van der Waals surface area contributed by atoms with Gasteiger partial charge in [0.2, 0.25) is 0 Å². The molecule has 0 aliphatic heterocycles. The number of benzene rings is 1. The van der Waals surface area contributed by atoms with Crippen LogP contribution < -0.4 is 0 Å². The van der Waals surface area contributed by atoms with Crippen LogP contribution in [0.5, 0.6) is 0 Å². The molecule has 0 fully saturated rings. The molecular formula is C10H7F4N3S. The normalized spacial score (nSPS) is 11.9. The van der Waals surface area contributed by atoms with Gasteiger partial charge in [-0.15, -0.1) is 17.7 Å². The molecule has 0 saturated heterocycles. The molecule has 3 nitrogen and oxygen atoms in total. The highest BCUT2D eigenvalue weighted by atomic mass is 32.1. The second kappa shape index (κ2) is 4.27. The molecule has 2 rings (SSSR count). The van der Waals surface area contributed by atoms with Crippen LogP contribution in [0.4, 0.5) is 17.6 Å². The van der Waals surface area contributed by atoms with Crippen LogP contribution >= 0.6 is 12.6 Å². The monoisotopic (exact) mass is 277 g/mol. The highest BCUT2D eigenvalue weighted by molar-refractivity contribution is 7.80. The lowest BCUT2D eigenvalue weighted by molar-refractivity contribution is -0.144. The summed E-state index contributed by atoms with van der Waals surface area (Å²) in [6.45, 7) is 1.64. The molecule has 0 saturated carbocycles. The van der Waals surface area contributed by atoms with Gasteiger partial charge in [0.15, 0.2) is 0 Å². The summed E-state index contributed by atoms with van der Waals surface area (Å²) in [7, 11) is 0. The summed E-state index contributed by atoms with van der Waals surface area (Å²) >= 11 is 4.08. The molecule has 1 heterocycles. The maximum absolute atomic E-state index is 13.6. The van der Waals surface area contributed by atoms with Gasteiger partial charge in [-0.2, -0.15) is 13.2 Å². The van der Waals surface area contributed by atoms with Crippen molar-refractivity contribution in [2.24, 2.45) is 0 Å². The maximum atomic E-state index is 13.6. The van der Waals surface area contributed by atoms with Gasteiger partial charge in [-0.3, -0.25) is 0 Å². The van der Waals surface area contributed by atoms with Crippen LogP contribution in [-0.4, -0.2) is 14.8 Å². The number of halogens is 4. The third-order valence-electron chi connectivity index (χ3n) is 2.26. The summed E-state index contributed by atoms with van der Waals surface area (Å²) in [5.41, 5.74) is 0.448. The van der Waals surface area contributed by atoms with Crippen molar-refractivity contribution in [3.8, 4) is 5.69 Å². The number of aromatic nitrogens is 3. The highest BCUT2D eigenvalue weighted by Crippen LogP contribution is 2.27. The summed E-state index contributed by atoms with van der Waals surface area (Å²) in [6.07, 6.45) is -3.85. The van der Waals surface area contributed by atoms with Crippen LogP contribution in [0, 0.1) is 12.7 Å². The standard InChI is InChI=1S/C10H7F4N3S/c1-5-2-6(11)7(3-8(5)18)17-4-15-9(16-17)10(12,13)14/h2-4,18H,1H3. The highest BCUT2D eigenvalue weighted by Gasteiger charge is 2.36. The molecule has 0 unspecified atom stereocenters. The van der Waals surface area contributed by atoms with Crippen molar-refractivity contribution in [2.45, 2.75) is 18.0 Å². The van der Waals surface area contributed by atoms with Gasteiger partial charge in [0.25, 0.3) is 5.82 Å². The predicted octanol–water partition coefficient (Wildman–Crippen LogP) is 3.02. The predicted molar refractivity (Wildman–Crippen MR) is 58.3 cm³/mol. The van der Waals surface area contributed by atoms with Crippen molar-refractivity contribution in [3.05, 3.63) is 35.7 Å². The van der Waals surface area contributed by atoms with Crippen molar-refractivity contribution in [1.82, 2.24) is 14.8 Å². The summed E-state index contributed by atoms with van der Waals surface area (Å²) in [6, 6.07) is 2.47. The van der Waals surface area contributed by atoms with Crippen molar-refractivity contribution < 1.29 is 17.6 Å². The van der Waals surface area contributed by atoms with Crippen LogP contribution in [0.25, 0.3) is 5.69 Å². The molecular weight excluding hydrogens is 270 g/mol. The quantitative estimate of drug-likeness (QED) is 0.641. The molecule has 0 radical (unpaired) electrons. The third-order valence-corrected chi connectivity index (χ3v) is 2.74. The fourth-order valence-corrected chi connectivity index (χ4v) is 1.52. The molecule has 0 bridgehead atoms. The van der Waals surface area contributed by atoms with Crippen LogP contribution in [-0.2, 0) is 6.18 Å². The zero-order valence-corrected chi connectivity index (χ0v) is 9.93. The Morgan fingerprint density at radius 2 is 1.94 bits per heavy atom. The number of alkyl halides is 3. The summed E-state index contributed by atoms with van der Waals surface area (Å²) < 4.78 is 51.3. The van der Waals surface area contributed by atoms with Crippen molar-refractivity contribution in [2.75, 3.05) is 0 Å². The molecule has 1 aromatic carbocycles. The second-order valence-electron chi connectivity index (χ2n) is 3.60. The van der Waals surface area contributed by atoms with E-state index in [1.807, 2.05) is 0 Å². The van der Waals surface area contributed by atoms with E-state index in [1.54, 1.807) is 6.92 Å². The van der Waals surface area contributed by atoms with E-state index in [9.17, 15) is 17.6 Å². The van der Waals surface area contributed by atoms with Gasteiger partial charge in [0.1, 0.15) is 17.8 Å². The average Bonchev–Trinajstić information content (AvgIpc) is 2.72. The Kier molecular flexibility index (Phi) is 3.05. The summed E-state index contributed by atoms with van der Waals surface area (Å²) in [5, 5.41) is 3.19. The Morgan fingerprint density at radius 1 is 1.28 bits per heavy atom.